The third kappa shape index (κ3) is 4.53. The monoisotopic (exact) mass is 350 g/mol. The lowest BCUT2D eigenvalue weighted by Gasteiger charge is -2.14. The number of carbonyl (C=O) groups is 2. The average molecular weight is 350 g/mol. The summed E-state index contributed by atoms with van der Waals surface area (Å²) in [7, 11) is 0. The average Bonchev–Trinajstić information content (AvgIpc) is 3.18. The first-order valence-corrected chi connectivity index (χ1v) is 8.77. The molecule has 1 aromatic heterocycles. The minimum absolute atomic E-state index is 0.128. The van der Waals surface area contributed by atoms with Crippen molar-refractivity contribution >= 4 is 17.5 Å². The van der Waals surface area contributed by atoms with Gasteiger partial charge in [-0.3, -0.25) is 14.6 Å². The second kappa shape index (κ2) is 8.38. The largest absolute Gasteiger partial charge is 0.348 e. The van der Waals surface area contributed by atoms with Gasteiger partial charge in [-0.2, -0.15) is 5.10 Å². The molecule has 134 valence electrons. The number of amides is 2. The van der Waals surface area contributed by atoms with Crippen LogP contribution in [-0.4, -0.2) is 34.1 Å². The molecule has 1 unspecified atom stereocenters. The zero-order valence-corrected chi connectivity index (χ0v) is 14.8. The Morgan fingerprint density at radius 3 is 2.62 bits per heavy atom. The number of rotatable bonds is 6. The standard InChI is InChI=1S/C20H22N4O2/c1-15(17-9-5-6-13-21-17)22-19(25)10-11-20(26)24-14-12-18(23-24)16-7-3-2-4-8-16/h2-9,13,15H,10-12,14H2,1H3,(H,22,25). The minimum atomic E-state index is -0.187. The van der Waals surface area contributed by atoms with Crippen LogP contribution in [0.5, 0.6) is 0 Å². The summed E-state index contributed by atoms with van der Waals surface area (Å²) >= 11 is 0. The maximum Gasteiger partial charge on any atom is 0.243 e. The Morgan fingerprint density at radius 2 is 1.88 bits per heavy atom. The van der Waals surface area contributed by atoms with Crippen LogP contribution >= 0.6 is 0 Å². The molecule has 2 aromatic rings. The fraction of sp³-hybridized carbons (Fsp3) is 0.300. The molecule has 0 aliphatic carbocycles. The molecule has 6 heteroatoms. The Balaban J connectivity index is 1.48. The molecular formula is C20H22N4O2. The van der Waals surface area contributed by atoms with Gasteiger partial charge in [0.2, 0.25) is 11.8 Å². The van der Waals surface area contributed by atoms with E-state index in [-0.39, 0.29) is 30.7 Å². The summed E-state index contributed by atoms with van der Waals surface area (Å²) in [6.45, 7) is 2.44. The number of aromatic nitrogens is 1. The molecule has 0 radical (unpaired) electrons. The molecule has 2 heterocycles. The van der Waals surface area contributed by atoms with Crippen LogP contribution in [0.15, 0.2) is 59.8 Å². The van der Waals surface area contributed by atoms with Gasteiger partial charge in [-0.25, -0.2) is 5.01 Å². The van der Waals surface area contributed by atoms with Crippen molar-refractivity contribution in [3.05, 3.63) is 66.0 Å². The highest BCUT2D eigenvalue weighted by atomic mass is 16.2. The van der Waals surface area contributed by atoms with E-state index in [1.165, 1.54) is 5.01 Å². The molecule has 0 fully saturated rings. The summed E-state index contributed by atoms with van der Waals surface area (Å²) in [5, 5.41) is 8.74. The molecule has 6 nitrogen and oxygen atoms in total. The minimum Gasteiger partial charge on any atom is -0.348 e. The van der Waals surface area contributed by atoms with E-state index in [0.717, 1.165) is 23.4 Å². The van der Waals surface area contributed by atoms with Crippen LogP contribution in [0.3, 0.4) is 0 Å². The van der Waals surface area contributed by atoms with E-state index in [0.29, 0.717) is 6.54 Å². The second-order valence-electron chi connectivity index (χ2n) is 6.22. The number of nitrogens with zero attached hydrogens (tertiary/aromatic N) is 3. The fourth-order valence-corrected chi connectivity index (χ4v) is 2.84. The van der Waals surface area contributed by atoms with Gasteiger partial charge in [-0.15, -0.1) is 0 Å². The maximum absolute atomic E-state index is 12.3. The molecule has 2 amide bonds. The molecule has 0 bridgehead atoms. The van der Waals surface area contributed by atoms with Crippen LogP contribution in [0.1, 0.15) is 43.5 Å². The lowest BCUT2D eigenvalue weighted by atomic mass is 10.1. The summed E-state index contributed by atoms with van der Waals surface area (Å²) in [6, 6.07) is 15.2. The summed E-state index contributed by atoms with van der Waals surface area (Å²) in [4.78, 5) is 28.6. The van der Waals surface area contributed by atoms with E-state index in [1.54, 1.807) is 6.20 Å². The van der Waals surface area contributed by atoms with Crippen LogP contribution in [-0.2, 0) is 9.59 Å². The number of hydrazone groups is 1. The van der Waals surface area contributed by atoms with Crippen molar-refractivity contribution in [2.45, 2.75) is 32.2 Å². The van der Waals surface area contributed by atoms with Crippen molar-refractivity contribution in [3.8, 4) is 0 Å². The predicted molar refractivity (Wildman–Crippen MR) is 99.3 cm³/mol. The summed E-state index contributed by atoms with van der Waals surface area (Å²) < 4.78 is 0. The topological polar surface area (TPSA) is 74.7 Å². The molecule has 1 atom stereocenters. The van der Waals surface area contributed by atoms with Crippen molar-refractivity contribution in [2.75, 3.05) is 6.54 Å². The number of hydrogen-bond acceptors (Lipinski definition) is 4. The van der Waals surface area contributed by atoms with Crippen LogP contribution in [0.4, 0.5) is 0 Å². The number of nitrogens with one attached hydrogen (secondary N) is 1. The van der Waals surface area contributed by atoms with Crippen LogP contribution in [0.25, 0.3) is 0 Å². The molecule has 1 aliphatic rings. The molecule has 0 spiro atoms. The van der Waals surface area contributed by atoms with E-state index in [1.807, 2.05) is 55.5 Å². The first-order valence-electron chi connectivity index (χ1n) is 8.77. The van der Waals surface area contributed by atoms with Gasteiger partial charge in [0.25, 0.3) is 0 Å². The molecule has 26 heavy (non-hydrogen) atoms. The third-order valence-electron chi connectivity index (χ3n) is 4.27. The Morgan fingerprint density at radius 1 is 1.12 bits per heavy atom. The van der Waals surface area contributed by atoms with Crippen molar-refractivity contribution in [1.82, 2.24) is 15.3 Å². The number of hydrogen-bond donors (Lipinski definition) is 1. The normalized spacial score (nSPS) is 14.7. The number of benzene rings is 1. The summed E-state index contributed by atoms with van der Waals surface area (Å²) in [6.07, 6.45) is 2.71. The zero-order chi connectivity index (χ0) is 18.4. The van der Waals surface area contributed by atoms with Gasteiger partial charge in [-0.1, -0.05) is 36.4 Å². The van der Waals surface area contributed by atoms with Crippen molar-refractivity contribution in [2.24, 2.45) is 5.10 Å². The van der Waals surface area contributed by atoms with E-state index in [9.17, 15) is 9.59 Å². The second-order valence-corrected chi connectivity index (χ2v) is 6.22. The lowest BCUT2D eigenvalue weighted by molar-refractivity contribution is -0.133. The van der Waals surface area contributed by atoms with Gasteiger partial charge < -0.3 is 5.32 Å². The van der Waals surface area contributed by atoms with Gasteiger partial charge in [0.1, 0.15) is 0 Å². The van der Waals surface area contributed by atoms with Crippen LogP contribution in [0.2, 0.25) is 0 Å². The predicted octanol–water partition coefficient (Wildman–Crippen LogP) is 2.68. The molecule has 1 aliphatic heterocycles. The maximum atomic E-state index is 12.3. The van der Waals surface area contributed by atoms with E-state index >= 15 is 0 Å². The van der Waals surface area contributed by atoms with Crippen molar-refractivity contribution in [3.63, 3.8) is 0 Å². The molecule has 1 aromatic carbocycles. The summed E-state index contributed by atoms with van der Waals surface area (Å²) in [5.74, 6) is -0.292. The van der Waals surface area contributed by atoms with Crippen LogP contribution < -0.4 is 5.32 Å². The number of carbonyl (C=O) groups excluding carboxylic acids is 2. The highest BCUT2D eigenvalue weighted by Gasteiger charge is 2.22. The van der Waals surface area contributed by atoms with E-state index in [4.69, 9.17) is 0 Å². The highest BCUT2D eigenvalue weighted by Crippen LogP contribution is 2.15. The number of pyridine rings is 1. The first kappa shape index (κ1) is 17.8. The third-order valence-corrected chi connectivity index (χ3v) is 4.27. The van der Waals surface area contributed by atoms with Crippen molar-refractivity contribution in [1.29, 1.82) is 0 Å². The van der Waals surface area contributed by atoms with E-state index < -0.39 is 0 Å². The molecular weight excluding hydrogens is 328 g/mol. The van der Waals surface area contributed by atoms with Gasteiger partial charge >= 0.3 is 0 Å². The Kier molecular flexibility index (Phi) is 5.73. The smallest absolute Gasteiger partial charge is 0.243 e. The molecule has 0 saturated heterocycles. The van der Waals surface area contributed by atoms with E-state index in [2.05, 4.69) is 15.4 Å². The first-order chi connectivity index (χ1) is 12.6. The molecule has 3 rings (SSSR count). The Bertz CT molecular complexity index is 790. The Labute approximate surface area is 152 Å². The lowest BCUT2D eigenvalue weighted by Crippen LogP contribution is -2.29. The van der Waals surface area contributed by atoms with Crippen molar-refractivity contribution < 1.29 is 9.59 Å². The zero-order valence-electron chi connectivity index (χ0n) is 14.8. The highest BCUT2D eigenvalue weighted by molar-refractivity contribution is 6.02. The summed E-state index contributed by atoms with van der Waals surface area (Å²) in [5.41, 5.74) is 2.74. The molecule has 1 N–H and O–H groups in total. The SMILES string of the molecule is CC(NC(=O)CCC(=O)N1CCC(c2ccccc2)=N1)c1ccccn1. The fourth-order valence-electron chi connectivity index (χ4n) is 2.84. The van der Waals surface area contributed by atoms with Gasteiger partial charge in [-0.05, 0) is 24.6 Å². The Hall–Kier alpha value is -3.02. The van der Waals surface area contributed by atoms with Gasteiger partial charge in [0.05, 0.1) is 24.0 Å². The van der Waals surface area contributed by atoms with Gasteiger partial charge in [0.15, 0.2) is 0 Å². The van der Waals surface area contributed by atoms with Crippen LogP contribution in [0, 0.1) is 0 Å². The quantitative estimate of drug-likeness (QED) is 0.870. The molecule has 0 saturated carbocycles. The van der Waals surface area contributed by atoms with Gasteiger partial charge in [0, 0.05) is 25.5 Å².